The molecule has 3 aromatic rings. The summed E-state index contributed by atoms with van der Waals surface area (Å²) in [5.74, 6) is -4.15. The fourth-order valence-corrected chi connectivity index (χ4v) is 8.30. The van der Waals surface area contributed by atoms with Crippen LogP contribution in [0.15, 0.2) is 60.8 Å². The molecule has 6 unspecified atom stereocenters. The van der Waals surface area contributed by atoms with Crippen LogP contribution in [0.1, 0.15) is 70.9 Å². The largest absolute Gasteiger partial charge is 0.361 e. The van der Waals surface area contributed by atoms with E-state index in [9.17, 15) is 33.6 Å². The van der Waals surface area contributed by atoms with E-state index in [1.807, 2.05) is 68.4 Å². The average Bonchev–Trinajstić information content (AvgIpc) is 3.98. The summed E-state index contributed by atoms with van der Waals surface area (Å²) < 4.78 is 0. The van der Waals surface area contributed by atoms with Crippen LogP contribution < -0.4 is 26.6 Å². The fraction of sp³-hybridized carbons (Fsp3) is 0.512. The van der Waals surface area contributed by atoms with Crippen LogP contribution in [0, 0.1) is 11.8 Å². The summed E-state index contributed by atoms with van der Waals surface area (Å²) >= 11 is 0. The maximum atomic E-state index is 14.7. The van der Waals surface area contributed by atoms with Gasteiger partial charge in [0.25, 0.3) is 0 Å². The number of carbonyl (C=O) groups is 7. The minimum absolute atomic E-state index is 0.0368. The molecular formula is C43H56N8O7. The molecule has 0 saturated carbocycles. The molecule has 1 aromatic heterocycles. The van der Waals surface area contributed by atoms with Crippen LogP contribution in [0.25, 0.3) is 10.9 Å². The molecule has 0 spiro atoms. The number of nitrogens with one attached hydrogen (secondary N) is 6. The Labute approximate surface area is 338 Å². The number of para-hydroxylation sites is 1. The van der Waals surface area contributed by atoms with E-state index in [0.29, 0.717) is 25.7 Å². The highest BCUT2D eigenvalue weighted by Gasteiger charge is 2.41. The van der Waals surface area contributed by atoms with Gasteiger partial charge in [0.15, 0.2) is 0 Å². The van der Waals surface area contributed by atoms with E-state index in [4.69, 9.17) is 0 Å². The zero-order valence-corrected chi connectivity index (χ0v) is 33.7. The van der Waals surface area contributed by atoms with Crippen molar-refractivity contribution in [3.8, 4) is 0 Å². The fourth-order valence-electron chi connectivity index (χ4n) is 8.30. The van der Waals surface area contributed by atoms with E-state index in [0.717, 1.165) is 22.0 Å². The minimum Gasteiger partial charge on any atom is -0.361 e. The van der Waals surface area contributed by atoms with Gasteiger partial charge in [-0.1, -0.05) is 76.2 Å². The predicted octanol–water partition coefficient (Wildman–Crippen LogP) is 1.71. The maximum absolute atomic E-state index is 14.7. The molecule has 0 aliphatic carbocycles. The molecule has 15 heteroatoms. The Morgan fingerprint density at radius 2 is 1.26 bits per heavy atom. The molecule has 0 bridgehead atoms. The van der Waals surface area contributed by atoms with Crippen molar-refractivity contribution in [1.82, 2.24) is 41.4 Å². The highest BCUT2D eigenvalue weighted by atomic mass is 16.2. The van der Waals surface area contributed by atoms with Crippen LogP contribution in [0.5, 0.6) is 0 Å². The molecule has 58 heavy (non-hydrogen) atoms. The van der Waals surface area contributed by atoms with E-state index in [1.165, 1.54) is 9.80 Å². The standard InChI is InChI=1S/C43H56N8O7/c1-25(2)20-31-39(54)48-33(22-28-23-44-30-15-9-8-14-29(28)30)43(58)51-19-11-17-35(51)40(55)46-32(21-27-12-6-5-7-13-27)38(53)45-24-36(52)50-18-10-16-34(50)41(56)49-37(26(3)4)42(57)47-31/h5-9,12-15,23,25-26,31-35,37,44H,10-11,16-22,24H2,1-4H3,(H,45,53)(H,46,55)(H,47,57)(H,48,54)(H,49,56). The first kappa shape index (κ1) is 41.9. The third-order valence-corrected chi connectivity index (χ3v) is 11.3. The summed E-state index contributed by atoms with van der Waals surface area (Å²) in [5.41, 5.74) is 2.41. The van der Waals surface area contributed by atoms with Crippen molar-refractivity contribution in [2.24, 2.45) is 11.8 Å². The molecule has 2 aromatic carbocycles. The summed E-state index contributed by atoms with van der Waals surface area (Å²) in [7, 11) is 0. The third-order valence-electron chi connectivity index (χ3n) is 11.3. The maximum Gasteiger partial charge on any atom is 0.246 e. The Bertz CT molecular complexity index is 2000. The lowest BCUT2D eigenvalue weighted by Crippen LogP contribution is -2.60. The normalized spacial score (nSPS) is 25.8. The van der Waals surface area contributed by atoms with E-state index in [-0.39, 0.29) is 44.2 Å². The van der Waals surface area contributed by atoms with Crippen molar-refractivity contribution in [2.75, 3.05) is 19.6 Å². The monoisotopic (exact) mass is 796 g/mol. The highest BCUT2D eigenvalue weighted by Crippen LogP contribution is 2.24. The van der Waals surface area contributed by atoms with Crippen molar-refractivity contribution < 1.29 is 33.6 Å². The number of benzene rings is 2. The van der Waals surface area contributed by atoms with E-state index in [1.54, 1.807) is 20.0 Å². The summed E-state index contributed by atoms with van der Waals surface area (Å²) in [6, 6.07) is 10.7. The van der Waals surface area contributed by atoms with Gasteiger partial charge in [0.05, 0.1) is 6.54 Å². The van der Waals surface area contributed by atoms with Gasteiger partial charge in [0.2, 0.25) is 41.4 Å². The van der Waals surface area contributed by atoms with Crippen molar-refractivity contribution in [3.63, 3.8) is 0 Å². The van der Waals surface area contributed by atoms with Gasteiger partial charge in [0.1, 0.15) is 36.3 Å². The molecule has 7 amide bonds. The first-order valence-electron chi connectivity index (χ1n) is 20.5. The molecule has 3 aliphatic heterocycles. The molecule has 3 aliphatic rings. The number of amides is 7. The van der Waals surface area contributed by atoms with Crippen LogP contribution in [-0.4, -0.2) is 112 Å². The number of carbonyl (C=O) groups excluding carboxylic acids is 7. The number of fused-ring (bicyclic) bond motifs is 3. The van der Waals surface area contributed by atoms with Crippen molar-refractivity contribution in [3.05, 3.63) is 71.9 Å². The number of aromatic amines is 1. The second kappa shape index (κ2) is 18.7. The van der Waals surface area contributed by atoms with E-state index in [2.05, 4.69) is 31.6 Å². The molecule has 6 N–H and O–H groups in total. The van der Waals surface area contributed by atoms with E-state index < -0.39 is 84.1 Å². The Kier molecular flexibility index (Phi) is 13.5. The van der Waals surface area contributed by atoms with Gasteiger partial charge in [-0.15, -0.1) is 0 Å². The third kappa shape index (κ3) is 9.86. The van der Waals surface area contributed by atoms with Gasteiger partial charge >= 0.3 is 0 Å². The molecule has 3 fully saturated rings. The summed E-state index contributed by atoms with van der Waals surface area (Å²) in [6.45, 7) is 7.52. The summed E-state index contributed by atoms with van der Waals surface area (Å²) in [5, 5.41) is 15.1. The number of rotatable bonds is 7. The van der Waals surface area contributed by atoms with Crippen LogP contribution in [-0.2, 0) is 46.4 Å². The van der Waals surface area contributed by atoms with Gasteiger partial charge in [-0.3, -0.25) is 33.6 Å². The number of H-pyrrole nitrogens is 1. The molecule has 310 valence electrons. The van der Waals surface area contributed by atoms with Crippen LogP contribution in [0.2, 0.25) is 0 Å². The SMILES string of the molecule is CC(C)CC1NC(=O)C(C(C)C)NC(=O)C2CCCN2C(=O)CNC(=O)C(Cc2ccccc2)NC(=O)C2CCCN2C(=O)C(Cc2c[nH]c3ccccc23)NC1=O. The summed E-state index contributed by atoms with van der Waals surface area (Å²) in [6.07, 6.45) is 4.03. The second-order valence-corrected chi connectivity index (χ2v) is 16.4. The number of hydrogen-bond acceptors (Lipinski definition) is 7. The van der Waals surface area contributed by atoms with Gasteiger partial charge in [-0.25, -0.2) is 0 Å². The Balaban J connectivity index is 1.36. The molecule has 4 heterocycles. The first-order valence-corrected chi connectivity index (χ1v) is 20.5. The lowest BCUT2D eigenvalue weighted by Gasteiger charge is -2.31. The van der Waals surface area contributed by atoms with Crippen LogP contribution >= 0.6 is 0 Å². The molecule has 0 radical (unpaired) electrons. The second-order valence-electron chi connectivity index (χ2n) is 16.4. The van der Waals surface area contributed by atoms with Gasteiger partial charge in [0, 0.05) is 43.0 Å². The Hall–Kier alpha value is -5.73. The number of nitrogens with zero attached hydrogens (tertiary/aromatic N) is 2. The molecule has 6 rings (SSSR count). The smallest absolute Gasteiger partial charge is 0.246 e. The highest BCUT2D eigenvalue weighted by molar-refractivity contribution is 5.99. The Morgan fingerprint density at radius 1 is 0.638 bits per heavy atom. The predicted molar refractivity (Wildman–Crippen MR) is 217 cm³/mol. The van der Waals surface area contributed by atoms with Gasteiger partial charge < -0.3 is 41.4 Å². The van der Waals surface area contributed by atoms with E-state index >= 15 is 0 Å². The number of hydrogen-bond donors (Lipinski definition) is 6. The zero-order chi connectivity index (χ0) is 41.5. The van der Waals surface area contributed by atoms with Crippen molar-refractivity contribution >= 4 is 52.3 Å². The minimum atomic E-state index is -1.12. The summed E-state index contributed by atoms with van der Waals surface area (Å²) in [4.78, 5) is 104. The van der Waals surface area contributed by atoms with Gasteiger partial charge in [-0.05, 0) is 61.1 Å². The molecular weight excluding hydrogens is 741 g/mol. The lowest BCUT2D eigenvalue weighted by molar-refractivity contribution is -0.142. The van der Waals surface area contributed by atoms with Crippen molar-refractivity contribution in [1.29, 1.82) is 0 Å². The zero-order valence-electron chi connectivity index (χ0n) is 33.7. The topological polar surface area (TPSA) is 202 Å². The molecule has 3 saturated heterocycles. The number of aromatic nitrogens is 1. The lowest BCUT2D eigenvalue weighted by atomic mass is 9.98. The molecule has 6 atom stereocenters. The van der Waals surface area contributed by atoms with Crippen LogP contribution in [0.3, 0.4) is 0 Å². The Morgan fingerprint density at radius 3 is 1.97 bits per heavy atom. The first-order chi connectivity index (χ1) is 27.8. The molecule has 15 nitrogen and oxygen atoms in total. The van der Waals surface area contributed by atoms with Crippen LogP contribution in [0.4, 0.5) is 0 Å². The van der Waals surface area contributed by atoms with Crippen molar-refractivity contribution in [2.45, 2.75) is 109 Å². The van der Waals surface area contributed by atoms with Gasteiger partial charge in [-0.2, -0.15) is 0 Å². The quantitative estimate of drug-likeness (QED) is 0.209. The average molecular weight is 797 g/mol.